The van der Waals surface area contributed by atoms with Crippen molar-refractivity contribution in [2.75, 3.05) is 6.61 Å². The first-order valence-electron chi connectivity index (χ1n) is 6.54. The standard InChI is InChI=1S/C13H27O2/c1-3-4-5-6-7-8-9-10-11-12-15-13(2)14/h13H,3-12H2,1-2H3. The predicted molar refractivity (Wildman–Crippen MR) is 63.3 cm³/mol. The Labute approximate surface area is 95.0 Å². The van der Waals surface area contributed by atoms with E-state index in [4.69, 9.17) is 4.74 Å². The van der Waals surface area contributed by atoms with E-state index in [-0.39, 0.29) is 0 Å². The Balaban J connectivity index is 2.87. The summed E-state index contributed by atoms with van der Waals surface area (Å²) < 4.78 is 4.95. The molecule has 15 heavy (non-hydrogen) atoms. The number of hydrogen-bond donors (Lipinski definition) is 0. The molecule has 2 heteroatoms. The molecule has 0 rings (SSSR count). The Hall–Kier alpha value is -0.0800. The predicted octanol–water partition coefficient (Wildman–Crippen LogP) is 4.31. The third kappa shape index (κ3) is 13.9. The molecule has 0 aromatic rings. The van der Waals surface area contributed by atoms with Gasteiger partial charge in [0.15, 0.2) is 6.29 Å². The van der Waals surface area contributed by atoms with Crippen LogP contribution in [0, 0.1) is 0 Å². The van der Waals surface area contributed by atoms with Gasteiger partial charge in [0.1, 0.15) is 0 Å². The molecule has 1 atom stereocenters. The molecule has 0 fully saturated rings. The summed E-state index contributed by atoms with van der Waals surface area (Å²) >= 11 is 0. The van der Waals surface area contributed by atoms with Gasteiger partial charge in [-0.05, 0) is 13.3 Å². The molecular weight excluding hydrogens is 188 g/mol. The largest absolute Gasteiger partial charge is 0.350 e. The summed E-state index contributed by atoms with van der Waals surface area (Å²) in [4.78, 5) is 0. The number of ether oxygens (including phenoxy) is 1. The lowest BCUT2D eigenvalue weighted by atomic mass is 10.1. The Kier molecular flexibility index (Phi) is 11.9. The minimum atomic E-state index is -0.848. The fourth-order valence-electron chi connectivity index (χ4n) is 1.66. The van der Waals surface area contributed by atoms with Gasteiger partial charge in [0.2, 0.25) is 0 Å². The second kappa shape index (κ2) is 12.0. The summed E-state index contributed by atoms with van der Waals surface area (Å²) in [5, 5.41) is 10.5. The van der Waals surface area contributed by atoms with Crippen molar-refractivity contribution < 1.29 is 9.84 Å². The van der Waals surface area contributed by atoms with E-state index in [2.05, 4.69) is 6.92 Å². The highest BCUT2D eigenvalue weighted by molar-refractivity contribution is 4.46. The third-order valence-corrected chi connectivity index (χ3v) is 2.60. The van der Waals surface area contributed by atoms with Crippen molar-refractivity contribution in [3.63, 3.8) is 0 Å². The van der Waals surface area contributed by atoms with Crippen LogP contribution in [-0.2, 0) is 9.84 Å². The van der Waals surface area contributed by atoms with Crippen LogP contribution in [0.4, 0.5) is 0 Å². The Morgan fingerprint density at radius 3 is 1.80 bits per heavy atom. The second-order valence-corrected chi connectivity index (χ2v) is 4.27. The number of rotatable bonds is 11. The molecule has 0 aliphatic heterocycles. The Morgan fingerprint density at radius 2 is 1.33 bits per heavy atom. The van der Waals surface area contributed by atoms with Crippen LogP contribution in [0.25, 0.3) is 0 Å². The summed E-state index contributed by atoms with van der Waals surface area (Å²) in [6.45, 7) is 4.44. The van der Waals surface area contributed by atoms with Gasteiger partial charge in [0.25, 0.3) is 0 Å². The molecule has 0 N–H and O–H groups in total. The maximum atomic E-state index is 10.5. The summed E-state index contributed by atoms with van der Waals surface area (Å²) in [6, 6.07) is 0. The van der Waals surface area contributed by atoms with E-state index >= 15 is 0 Å². The molecule has 1 radical (unpaired) electrons. The number of hydrogen-bond acceptors (Lipinski definition) is 1. The van der Waals surface area contributed by atoms with Crippen molar-refractivity contribution in [2.45, 2.75) is 77.9 Å². The first kappa shape index (κ1) is 14.9. The molecule has 0 aliphatic rings. The van der Waals surface area contributed by atoms with Gasteiger partial charge in [-0.2, -0.15) is 0 Å². The molecule has 2 nitrogen and oxygen atoms in total. The highest BCUT2D eigenvalue weighted by Gasteiger charge is 1.96. The van der Waals surface area contributed by atoms with Crippen LogP contribution in [0.15, 0.2) is 0 Å². The van der Waals surface area contributed by atoms with Gasteiger partial charge in [-0.15, -0.1) is 0 Å². The van der Waals surface area contributed by atoms with Crippen molar-refractivity contribution in [1.82, 2.24) is 0 Å². The Bertz CT molecular complexity index is 113. The van der Waals surface area contributed by atoms with E-state index in [1.165, 1.54) is 51.4 Å². The fourth-order valence-corrected chi connectivity index (χ4v) is 1.66. The summed E-state index contributed by atoms with van der Waals surface area (Å²) in [5.74, 6) is 0. The van der Waals surface area contributed by atoms with Gasteiger partial charge in [-0.25, -0.2) is 5.11 Å². The molecule has 0 heterocycles. The van der Waals surface area contributed by atoms with Crippen LogP contribution in [0.2, 0.25) is 0 Å². The van der Waals surface area contributed by atoms with Crippen LogP contribution in [0.5, 0.6) is 0 Å². The molecule has 0 aliphatic carbocycles. The van der Waals surface area contributed by atoms with Crippen LogP contribution in [0.1, 0.15) is 71.6 Å². The molecule has 0 spiro atoms. The molecule has 0 saturated heterocycles. The first-order chi connectivity index (χ1) is 7.27. The first-order valence-corrected chi connectivity index (χ1v) is 6.54. The quantitative estimate of drug-likeness (QED) is 0.373. The van der Waals surface area contributed by atoms with Crippen molar-refractivity contribution >= 4 is 0 Å². The fraction of sp³-hybridized carbons (Fsp3) is 1.00. The second-order valence-electron chi connectivity index (χ2n) is 4.27. The van der Waals surface area contributed by atoms with Crippen molar-refractivity contribution in [3.8, 4) is 0 Å². The molecule has 0 aromatic carbocycles. The van der Waals surface area contributed by atoms with Crippen LogP contribution in [-0.4, -0.2) is 12.9 Å². The number of unbranched alkanes of at least 4 members (excludes halogenated alkanes) is 8. The third-order valence-electron chi connectivity index (χ3n) is 2.60. The minimum absolute atomic E-state index is 0.639. The monoisotopic (exact) mass is 215 g/mol. The van der Waals surface area contributed by atoms with E-state index in [0.717, 1.165) is 6.42 Å². The zero-order chi connectivity index (χ0) is 11.4. The average molecular weight is 215 g/mol. The van der Waals surface area contributed by atoms with Gasteiger partial charge >= 0.3 is 0 Å². The molecule has 0 saturated carbocycles. The van der Waals surface area contributed by atoms with E-state index < -0.39 is 6.29 Å². The van der Waals surface area contributed by atoms with Crippen molar-refractivity contribution in [1.29, 1.82) is 0 Å². The van der Waals surface area contributed by atoms with Gasteiger partial charge in [-0.3, -0.25) is 0 Å². The normalized spacial score (nSPS) is 13.0. The van der Waals surface area contributed by atoms with Crippen LogP contribution >= 0.6 is 0 Å². The maximum Gasteiger partial charge on any atom is 0.188 e. The van der Waals surface area contributed by atoms with E-state index in [1.807, 2.05) is 0 Å². The van der Waals surface area contributed by atoms with Gasteiger partial charge < -0.3 is 4.74 Å². The zero-order valence-corrected chi connectivity index (χ0v) is 10.5. The molecule has 1 unspecified atom stereocenters. The minimum Gasteiger partial charge on any atom is -0.350 e. The zero-order valence-electron chi connectivity index (χ0n) is 10.5. The lowest BCUT2D eigenvalue weighted by molar-refractivity contribution is -0.127. The summed E-state index contributed by atoms with van der Waals surface area (Å²) in [7, 11) is 0. The van der Waals surface area contributed by atoms with Gasteiger partial charge in [0.05, 0.1) is 0 Å². The SMILES string of the molecule is CCCCCCCCCCCOC(C)[O]. The topological polar surface area (TPSA) is 29.1 Å². The summed E-state index contributed by atoms with van der Waals surface area (Å²) in [5.41, 5.74) is 0. The molecule has 91 valence electrons. The van der Waals surface area contributed by atoms with Crippen molar-refractivity contribution in [2.24, 2.45) is 0 Å². The highest BCUT2D eigenvalue weighted by Crippen LogP contribution is 2.09. The average Bonchev–Trinajstić information content (AvgIpc) is 2.20. The lowest BCUT2D eigenvalue weighted by Crippen LogP contribution is -2.05. The van der Waals surface area contributed by atoms with E-state index in [1.54, 1.807) is 6.92 Å². The molecule has 0 bridgehead atoms. The Morgan fingerprint density at radius 1 is 0.867 bits per heavy atom. The van der Waals surface area contributed by atoms with Crippen LogP contribution in [0.3, 0.4) is 0 Å². The van der Waals surface area contributed by atoms with E-state index in [0.29, 0.717) is 6.61 Å². The highest BCUT2D eigenvalue weighted by atomic mass is 16.6. The maximum absolute atomic E-state index is 10.5. The molecule has 0 amide bonds. The van der Waals surface area contributed by atoms with E-state index in [9.17, 15) is 5.11 Å². The van der Waals surface area contributed by atoms with Gasteiger partial charge in [0, 0.05) is 6.61 Å². The summed E-state index contributed by atoms with van der Waals surface area (Å²) in [6.07, 6.45) is 10.9. The van der Waals surface area contributed by atoms with Crippen LogP contribution < -0.4 is 0 Å². The van der Waals surface area contributed by atoms with Crippen molar-refractivity contribution in [3.05, 3.63) is 0 Å². The molecular formula is C13H27O2. The molecule has 0 aromatic heterocycles. The lowest BCUT2D eigenvalue weighted by Gasteiger charge is -2.04. The van der Waals surface area contributed by atoms with Gasteiger partial charge in [-0.1, -0.05) is 58.3 Å². The smallest absolute Gasteiger partial charge is 0.188 e.